The SMILES string of the molecule is OCC1(NCC(F)(F)c2ccccc2)CCCC1. The first-order chi connectivity index (χ1) is 8.58. The molecule has 2 rings (SSSR count). The molecule has 1 aromatic carbocycles. The molecule has 2 N–H and O–H groups in total. The van der Waals surface area contributed by atoms with Gasteiger partial charge < -0.3 is 10.4 Å². The fourth-order valence-corrected chi connectivity index (χ4v) is 2.53. The molecule has 4 heteroatoms. The summed E-state index contributed by atoms with van der Waals surface area (Å²) in [5.41, 5.74) is -0.485. The molecule has 18 heavy (non-hydrogen) atoms. The molecule has 1 aliphatic rings. The van der Waals surface area contributed by atoms with Crippen molar-refractivity contribution in [2.24, 2.45) is 0 Å². The Balaban J connectivity index is 2.00. The van der Waals surface area contributed by atoms with Gasteiger partial charge in [-0.3, -0.25) is 0 Å². The van der Waals surface area contributed by atoms with E-state index in [1.165, 1.54) is 12.1 Å². The van der Waals surface area contributed by atoms with Gasteiger partial charge in [-0.25, -0.2) is 0 Å². The predicted octanol–water partition coefficient (Wildman–Crippen LogP) is 2.67. The Bertz CT molecular complexity index is 375. The summed E-state index contributed by atoms with van der Waals surface area (Å²) in [7, 11) is 0. The topological polar surface area (TPSA) is 32.3 Å². The summed E-state index contributed by atoms with van der Waals surface area (Å²) in [6, 6.07) is 7.81. The number of hydrogen-bond acceptors (Lipinski definition) is 2. The van der Waals surface area contributed by atoms with Crippen molar-refractivity contribution in [3.63, 3.8) is 0 Å². The summed E-state index contributed by atoms with van der Waals surface area (Å²) in [5, 5.41) is 12.3. The third kappa shape index (κ3) is 2.87. The van der Waals surface area contributed by atoms with E-state index in [2.05, 4.69) is 5.32 Å². The number of aliphatic hydroxyl groups is 1. The summed E-state index contributed by atoms with van der Waals surface area (Å²) in [4.78, 5) is 0. The van der Waals surface area contributed by atoms with Crippen molar-refractivity contribution in [3.8, 4) is 0 Å². The Morgan fingerprint density at radius 3 is 2.33 bits per heavy atom. The maximum atomic E-state index is 14.0. The molecule has 0 atom stereocenters. The number of benzene rings is 1. The van der Waals surface area contributed by atoms with Crippen LogP contribution in [0.15, 0.2) is 30.3 Å². The lowest BCUT2D eigenvalue weighted by atomic mass is 9.98. The molecule has 0 amide bonds. The van der Waals surface area contributed by atoms with Gasteiger partial charge in [0.25, 0.3) is 5.92 Å². The quantitative estimate of drug-likeness (QED) is 0.848. The van der Waals surface area contributed by atoms with Crippen LogP contribution in [-0.2, 0) is 5.92 Å². The zero-order valence-electron chi connectivity index (χ0n) is 10.3. The molecule has 2 nitrogen and oxygen atoms in total. The van der Waals surface area contributed by atoms with Crippen molar-refractivity contribution < 1.29 is 13.9 Å². The molecule has 0 spiro atoms. The molecular formula is C14H19F2NO. The molecule has 0 bridgehead atoms. The van der Waals surface area contributed by atoms with E-state index in [1.54, 1.807) is 18.2 Å². The molecule has 0 saturated heterocycles. The van der Waals surface area contributed by atoms with Gasteiger partial charge in [-0.15, -0.1) is 0 Å². The van der Waals surface area contributed by atoms with Crippen molar-refractivity contribution in [2.75, 3.05) is 13.2 Å². The minimum atomic E-state index is -2.90. The number of nitrogens with one attached hydrogen (secondary N) is 1. The van der Waals surface area contributed by atoms with Gasteiger partial charge >= 0.3 is 0 Å². The van der Waals surface area contributed by atoms with E-state index in [9.17, 15) is 13.9 Å². The van der Waals surface area contributed by atoms with E-state index in [-0.39, 0.29) is 12.2 Å². The fourth-order valence-electron chi connectivity index (χ4n) is 2.53. The lowest BCUT2D eigenvalue weighted by molar-refractivity contribution is -0.0148. The first kappa shape index (κ1) is 13.4. The smallest absolute Gasteiger partial charge is 0.285 e. The monoisotopic (exact) mass is 255 g/mol. The molecule has 0 radical (unpaired) electrons. The van der Waals surface area contributed by atoms with Crippen LogP contribution in [-0.4, -0.2) is 23.8 Å². The highest BCUT2D eigenvalue weighted by Gasteiger charge is 2.38. The normalized spacial score (nSPS) is 19.1. The van der Waals surface area contributed by atoms with Gasteiger partial charge in [0.1, 0.15) is 0 Å². The third-order valence-corrected chi connectivity index (χ3v) is 3.74. The summed E-state index contributed by atoms with van der Waals surface area (Å²) >= 11 is 0. The van der Waals surface area contributed by atoms with Crippen LogP contribution >= 0.6 is 0 Å². The molecular weight excluding hydrogens is 236 g/mol. The average molecular weight is 255 g/mol. The van der Waals surface area contributed by atoms with E-state index in [1.807, 2.05) is 0 Å². The fraction of sp³-hybridized carbons (Fsp3) is 0.571. The van der Waals surface area contributed by atoms with Crippen LogP contribution in [0.1, 0.15) is 31.2 Å². The predicted molar refractivity (Wildman–Crippen MR) is 66.6 cm³/mol. The summed E-state index contributed by atoms with van der Waals surface area (Å²) < 4.78 is 27.9. The summed E-state index contributed by atoms with van der Waals surface area (Å²) in [6.45, 7) is -0.491. The highest BCUT2D eigenvalue weighted by atomic mass is 19.3. The lowest BCUT2D eigenvalue weighted by Gasteiger charge is -2.30. The van der Waals surface area contributed by atoms with Gasteiger partial charge in [-0.2, -0.15) is 8.78 Å². The standard InChI is InChI=1S/C14H19F2NO/c15-14(16,12-6-2-1-3-7-12)10-17-13(11-18)8-4-5-9-13/h1-3,6-7,17-18H,4-5,8-11H2. The Labute approximate surface area is 106 Å². The van der Waals surface area contributed by atoms with E-state index >= 15 is 0 Å². The minimum absolute atomic E-state index is 0.0172. The van der Waals surface area contributed by atoms with Crippen LogP contribution < -0.4 is 5.32 Å². The molecule has 1 aliphatic carbocycles. The second-order valence-electron chi connectivity index (χ2n) is 5.07. The molecule has 0 aromatic heterocycles. The van der Waals surface area contributed by atoms with E-state index in [4.69, 9.17) is 0 Å². The van der Waals surface area contributed by atoms with Crippen LogP contribution in [0.3, 0.4) is 0 Å². The van der Waals surface area contributed by atoms with Crippen LogP contribution in [0.4, 0.5) is 8.78 Å². The van der Waals surface area contributed by atoms with Crippen LogP contribution in [0.25, 0.3) is 0 Å². The first-order valence-corrected chi connectivity index (χ1v) is 6.37. The molecule has 1 aromatic rings. The average Bonchev–Trinajstić information content (AvgIpc) is 2.87. The summed E-state index contributed by atoms with van der Waals surface area (Å²) in [5.74, 6) is -2.90. The van der Waals surface area contributed by atoms with Gasteiger partial charge in [0.05, 0.1) is 13.2 Å². The highest BCUT2D eigenvalue weighted by molar-refractivity contribution is 5.20. The Kier molecular flexibility index (Phi) is 3.97. The van der Waals surface area contributed by atoms with Crippen molar-refractivity contribution in [2.45, 2.75) is 37.1 Å². The van der Waals surface area contributed by atoms with Crippen LogP contribution in [0.2, 0.25) is 0 Å². The van der Waals surface area contributed by atoms with Gasteiger partial charge in [0.2, 0.25) is 0 Å². The number of hydrogen-bond donors (Lipinski definition) is 2. The van der Waals surface area contributed by atoms with Crippen molar-refractivity contribution in [3.05, 3.63) is 35.9 Å². The largest absolute Gasteiger partial charge is 0.394 e. The number of rotatable bonds is 5. The maximum Gasteiger partial charge on any atom is 0.285 e. The summed E-state index contributed by atoms with van der Waals surface area (Å²) in [6.07, 6.45) is 3.53. The third-order valence-electron chi connectivity index (χ3n) is 3.74. The van der Waals surface area contributed by atoms with E-state index in [0.717, 1.165) is 25.7 Å². The Morgan fingerprint density at radius 2 is 1.78 bits per heavy atom. The highest BCUT2D eigenvalue weighted by Crippen LogP contribution is 2.32. The molecule has 0 heterocycles. The second kappa shape index (κ2) is 5.33. The van der Waals surface area contributed by atoms with Crippen molar-refractivity contribution in [1.82, 2.24) is 5.32 Å². The molecule has 0 aliphatic heterocycles. The van der Waals surface area contributed by atoms with E-state index in [0.29, 0.717) is 0 Å². The van der Waals surface area contributed by atoms with Gasteiger partial charge in [0, 0.05) is 11.1 Å². The van der Waals surface area contributed by atoms with Crippen LogP contribution in [0.5, 0.6) is 0 Å². The van der Waals surface area contributed by atoms with Crippen molar-refractivity contribution in [1.29, 1.82) is 0 Å². The minimum Gasteiger partial charge on any atom is -0.394 e. The number of aliphatic hydroxyl groups excluding tert-OH is 1. The second-order valence-corrected chi connectivity index (χ2v) is 5.07. The molecule has 1 saturated carbocycles. The number of halogens is 2. The van der Waals surface area contributed by atoms with Gasteiger partial charge in [0.15, 0.2) is 0 Å². The van der Waals surface area contributed by atoms with Crippen molar-refractivity contribution >= 4 is 0 Å². The zero-order chi connectivity index (χ0) is 13.1. The lowest BCUT2D eigenvalue weighted by Crippen LogP contribution is -2.49. The van der Waals surface area contributed by atoms with Crippen LogP contribution in [0, 0.1) is 0 Å². The van der Waals surface area contributed by atoms with E-state index < -0.39 is 18.0 Å². The molecule has 1 fully saturated rings. The Morgan fingerprint density at radius 1 is 1.17 bits per heavy atom. The van der Waals surface area contributed by atoms with Gasteiger partial charge in [-0.05, 0) is 12.8 Å². The zero-order valence-corrected chi connectivity index (χ0v) is 10.3. The number of alkyl halides is 2. The van der Waals surface area contributed by atoms with Gasteiger partial charge in [-0.1, -0.05) is 43.2 Å². The Hall–Kier alpha value is -1.00. The first-order valence-electron chi connectivity index (χ1n) is 6.37. The molecule has 100 valence electrons. The molecule has 0 unspecified atom stereocenters. The maximum absolute atomic E-state index is 14.0.